The van der Waals surface area contributed by atoms with E-state index >= 15 is 0 Å². The van der Waals surface area contributed by atoms with Gasteiger partial charge < -0.3 is 18.9 Å². The summed E-state index contributed by atoms with van der Waals surface area (Å²) >= 11 is 4.61. The molecule has 3 aromatic rings. The summed E-state index contributed by atoms with van der Waals surface area (Å²) in [5, 5.41) is 2.56. The fourth-order valence-electron chi connectivity index (χ4n) is 2.15. The number of carbonyl (C=O) groups excluding carboxylic acids is 2. The number of methoxy groups -OCH3 is 4. The Labute approximate surface area is 185 Å². The highest BCUT2D eigenvalue weighted by atomic mass is 79.9. The zero-order chi connectivity index (χ0) is 22.1. The van der Waals surface area contributed by atoms with E-state index in [1.165, 1.54) is 52.0 Å². The number of aromatic nitrogens is 3. The Kier molecular flexibility index (Phi) is 8.69. The van der Waals surface area contributed by atoms with Crippen LogP contribution in [0.25, 0.3) is 10.6 Å². The van der Waals surface area contributed by atoms with E-state index in [0.717, 1.165) is 5.01 Å². The maximum absolute atomic E-state index is 11.7. The minimum atomic E-state index is -0.434. The van der Waals surface area contributed by atoms with Gasteiger partial charge in [0.25, 0.3) is 0 Å². The van der Waals surface area contributed by atoms with Crippen LogP contribution < -0.4 is 9.47 Å². The molecule has 3 aromatic heterocycles. The van der Waals surface area contributed by atoms with Crippen LogP contribution in [-0.4, -0.2) is 55.3 Å². The first-order chi connectivity index (χ1) is 14.4. The highest BCUT2D eigenvalue weighted by molar-refractivity contribution is 9.10. The summed E-state index contributed by atoms with van der Waals surface area (Å²) in [5.74, 6) is -0.113. The number of ether oxygens (including phenoxy) is 4. The fraction of sp³-hybridized carbons (Fsp3) is 0.211. The second-order valence-corrected chi connectivity index (χ2v) is 7.05. The quantitative estimate of drug-likeness (QED) is 0.489. The van der Waals surface area contributed by atoms with Crippen LogP contribution in [0.4, 0.5) is 0 Å². The van der Waals surface area contributed by atoms with Gasteiger partial charge in [0.15, 0.2) is 0 Å². The van der Waals surface area contributed by atoms with Crippen LogP contribution in [0, 0.1) is 0 Å². The number of pyridine rings is 2. The molecule has 9 nitrogen and oxygen atoms in total. The van der Waals surface area contributed by atoms with E-state index in [1.54, 1.807) is 18.5 Å². The topological polar surface area (TPSA) is 110 Å². The largest absolute Gasteiger partial charge is 0.481 e. The summed E-state index contributed by atoms with van der Waals surface area (Å²) in [7, 11) is 5.63. The van der Waals surface area contributed by atoms with E-state index in [1.807, 2.05) is 5.38 Å². The Morgan fingerprint density at radius 3 is 1.97 bits per heavy atom. The molecule has 0 spiro atoms. The molecule has 0 amide bonds. The molecule has 0 atom stereocenters. The Bertz CT molecular complexity index is 1010. The van der Waals surface area contributed by atoms with Gasteiger partial charge in [-0.15, -0.1) is 11.3 Å². The molecule has 0 bridgehead atoms. The van der Waals surface area contributed by atoms with Gasteiger partial charge in [0, 0.05) is 41.7 Å². The SMILES string of the molecule is COC(=O)c1cc(OC)ncc1-c1nccs1.COC(=O)c1cc(OC)ncc1Br. The normalized spacial score (nSPS) is 9.77. The number of esters is 2. The molecule has 0 N–H and O–H groups in total. The van der Waals surface area contributed by atoms with E-state index in [9.17, 15) is 9.59 Å². The summed E-state index contributed by atoms with van der Waals surface area (Å²) in [6.07, 6.45) is 4.72. The third-order valence-corrected chi connectivity index (χ3v) is 5.04. The zero-order valence-corrected chi connectivity index (χ0v) is 18.9. The van der Waals surface area contributed by atoms with Crippen molar-refractivity contribution in [2.45, 2.75) is 0 Å². The summed E-state index contributed by atoms with van der Waals surface area (Å²) in [5.41, 5.74) is 1.44. The van der Waals surface area contributed by atoms with Crippen LogP contribution in [0.15, 0.2) is 40.6 Å². The second kappa shape index (κ2) is 11.2. The lowest BCUT2D eigenvalue weighted by molar-refractivity contribution is 0.0591. The maximum atomic E-state index is 11.7. The molecular weight excluding hydrogens is 478 g/mol. The van der Waals surface area contributed by atoms with Gasteiger partial charge in [-0.05, 0) is 15.9 Å². The van der Waals surface area contributed by atoms with Gasteiger partial charge in [0.1, 0.15) is 5.01 Å². The van der Waals surface area contributed by atoms with Crippen molar-refractivity contribution in [2.75, 3.05) is 28.4 Å². The molecule has 0 fully saturated rings. The van der Waals surface area contributed by atoms with Gasteiger partial charge in [-0.3, -0.25) is 0 Å². The summed E-state index contributed by atoms with van der Waals surface area (Å²) in [4.78, 5) is 34.9. The summed E-state index contributed by atoms with van der Waals surface area (Å²) in [6, 6.07) is 3.05. The molecule has 0 aliphatic carbocycles. The number of carbonyl (C=O) groups is 2. The number of halogens is 1. The number of hydrogen-bond acceptors (Lipinski definition) is 10. The van der Waals surface area contributed by atoms with E-state index in [0.29, 0.717) is 32.9 Å². The molecule has 0 radical (unpaired) electrons. The zero-order valence-electron chi connectivity index (χ0n) is 16.5. The van der Waals surface area contributed by atoms with Gasteiger partial charge in [-0.1, -0.05) is 0 Å². The van der Waals surface area contributed by atoms with Gasteiger partial charge >= 0.3 is 11.9 Å². The minimum Gasteiger partial charge on any atom is -0.481 e. The van der Waals surface area contributed by atoms with Crippen molar-refractivity contribution in [1.29, 1.82) is 0 Å². The molecule has 0 aromatic carbocycles. The predicted molar refractivity (Wildman–Crippen MR) is 113 cm³/mol. The van der Waals surface area contributed by atoms with Crippen LogP contribution in [-0.2, 0) is 9.47 Å². The average molecular weight is 496 g/mol. The monoisotopic (exact) mass is 495 g/mol. The van der Waals surface area contributed by atoms with Crippen LogP contribution in [0.3, 0.4) is 0 Å². The molecule has 0 saturated heterocycles. The van der Waals surface area contributed by atoms with Crippen LogP contribution in [0.2, 0.25) is 0 Å². The molecule has 0 aliphatic rings. The Hall–Kier alpha value is -3.05. The lowest BCUT2D eigenvalue weighted by Gasteiger charge is -2.06. The van der Waals surface area contributed by atoms with Crippen molar-refractivity contribution in [3.8, 4) is 22.3 Å². The van der Waals surface area contributed by atoms with Crippen LogP contribution in [0.1, 0.15) is 20.7 Å². The van der Waals surface area contributed by atoms with Crippen molar-refractivity contribution in [3.05, 3.63) is 51.7 Å². The highest BCUT2D eigenvalue weighted by Crippen LogP contribution is 2.27. The predicted octanol–water partition coefficient (Wildman–Crippen LogP) is 3.64. The molecule has 3 rings (SSSR count). The molecule has 158 valence electrons. The van der Waals surface area contributed by atoms with Crippen LogP contribution in [0.5, 0.6) is 11.8 Å². The third kappa shape index (κ3) is 5.74. The van der Waals surface area contributed by atoms with Gasteiger partial charge in [-0.25, -0.2) is 24.5 Å². The Balaban J connectivity index is 0.000000222. The minimum absolute atomic E-state index is 0.366. The molecular formula is C19H18BrN3O6S. The molecule has 0 unspecified atom stereocenters. The molecule has 30 heavy (non-hydrogen) atoms. The van der Waals surface area contributed by atoms with E-state index in [4.69, 9.17) is 14.2 Å². The van der Waals surface area contributed by atoms with Crippen molar-refractivity contribution in [3.63, 3.8) is 0 Å². The summed E-state index contributed by atoms with van der Waals surface area (Å²) < 4.78 is 19.7. The lowest BCUT2D eigenvalue weighted by Crippen LogP contribution is -2.05. The number of thiazole rings is 1. The fourth-order valence-corrected chi connectivity index (χ4v) is 3.19. The van der Waals surface area contributed by atoms with E-state index in [2.05, 4.69) is 35.6 Å². The van der Waals surface area contributed by atoms with Gasteiger partial charge in [0.05, 0.1) is 44.0 Å². The first kappa shape index (κ1) is 23.2. The molecule has 11 heteroatoms. The standard InChI is InChI=1S/C11H10N2O3S.C8H8BrNO3/c1-15-9-5-7(11(14)16-2)8(6-13-9)10-12-3-4-17-10;1-12-7-3-5(8(11)13-2)6(9)4-10-7/h3-6H,1-2H3;3-4H,1-2H3. The highest BCUT2D eigenvalue weighted by Gasteiger charge is 2.17. The number of nitrogens with zero attached hydrogens (tertiary/aromatic N) is 3. The molecule has 0 aliphatic heterocycles. The smallest absolute Gasteiger partial charge is 0.339 e. The second-order valence-electron chi connectivity index (χ2n) is 5.30. The van der Waals surface area contributed by atoms with Gasteiger partial charge in [0.2, 0.25) is 11.8 Å². The number of hydrogen-bond donors (Lipinski definition) is 0. The Morgan fingerprint density at radius 2 is 1.43 bits per heavy atom. The summed E-state index contributed by atoms with van der Waals surface area (Å²) in [6.45, 7) is 0. The van der Waals surface area contributed by atoms with E-state index in [-0.39, 0.29) is 0 Å². The number of rotatable bonds is 5. The third-order valence-electron chi connectivity index (χ3n) is 3.60. The van der Waals surface area contributed by atoms with E-state index < -0.39 is 11.9 Å². The van der Waals surface area contributed by atoms with Crippen molar-refractivity contribution < 1.29 is 28.5 Å². The first-order valence-electron chi connectivity index (χ1n) is 8.25. The lowest BCUT2D eigenvalue weighted by atomic mass is 10.1. The van der Waals surface area contributed by atoms with Crippen molar-refractivity contribution in [1.82, 2.24) is 15.0 Å². The average Bonchev–Trinajstić information content (AvgIpc) is 3.33. The van der Waals surface area contributed by atoms with Gasteiger partial charge in [-0.2, -0.15) is 0 Å². The van der Waals surface area contributed by atoms with Crippen molar-refractivity contribution in [2.24, 2.45) is 0 Å². The molecule has 0 saturated carbocycles. The van der Waals surface area contributed by atoms with Crippen LogP contribution >= 0.6 is 27.3 Å². The Morgan fingerprint density at radius 1 is 0.867 bits per heavy atom. The molecule has 3 heterocycles. The first-order valence-corrected chi connectivity index (χ1v) is 9.92. The van der Waals surface area contributed by atoms with Crippen molar-refractivity contribution >= 4 is 39.2 Å². The maximum Gasteiger partial charge on any atom is 0.339 e.